The predicted octanol–water partition coefficient (Wildman–Crippen LogP) is 4.10. The van der Waals surface area contributed by atoms with Crippen LogP contribution >= 0.6 is 11.6 Å². The average molecular weight is 373 g/mol. The molecule has 2 aliphatic rings. The lowest BCUT2D eigenvalue weighted by Crippen LogP contribution is -2.24. The largest absolute Gasteiger partial charge is 0.417 e. The van der Waals surface area contributed by atoms with E-state index in [1.165, 1.54) is 6.20 Å². The zero-order valence-electron chi connectivity index (χ0n) is 12.4. The molecule has 2 aromatic rings. The standard InChI is InChI=1S/C15H9ClF4N4O/c16-9-3-7(15(18,19)20)5-21-13(9)24-12-8(6-22-24)10(25)4-11(23-12)14(17)1-2-14/h3,5-6H,1-2,4H2. The number of pyridine rings is 1. The van der Waals surface area contributed by atoms with Crippen molar-refractivity contribution in [1.82, 2.24) is 14.8 Å². The molecule has 0 N–H and O–H groups in total. The van der Waals surface area contributed by atoms with Crippen molar-refractivity contribution in [3.8, 4) is 5.82 Å². The Morgan fingerprint density at radius 1 is 1.24 bits per heavy atom. The predicted molar refractivity (Wildman–Crippen MR) is 80.5 cm³/mol. The fourth-order valence-corrected chi connectivity index (χ4v) is 2.86. The molecule has 0 unspecified atom stereocenters. The molecule has 5 nitrogen and oxygen atoms in total. The Bertz CT molecular complexity index is 930. The number of alkyl halides is 4. The maximum absolute atomic E-state index is 14.3. The molecule has 0 spiro atoms. The highest BCUT2D eigenvalue weighted by Crippen LogP contribution is 2.45. The number of nitrogens with zero attached hydrogens (tertiary/aromatic N) is 4. The van der Waals surface area contributed by atoms with Crippen molar-refractivity contribution in [3.63, 3.8) is 0 Å². The van der Waals surface area contributed by atoms with E-state index in [0.29, 0.717) is 25.1 Å². The highest BCUT2D eigenvalue weighted by molar-refractivity contribution is 6.32. The third kappa shape index (κ3) is 2.62. The minimum atomic E-state index is -4.59. The molecule has 10 heteroatoms. The fourth-order valence-electron chi connectivity index (χ4n) is 2.61. The zero-order chi connectivity index (χ0) is 18.0. The molecule has 1 aliphatic heterocycles. The van der Waals surface area contributed by atoms with Crippen LogP contribution in [0.2, 0.25) is 5.02 Å². The van der Waals surface area contributed by atoms with Crippen LogP contribution in [0.1, 0.15) is 35.2 Å². The molecule has 3 heterocycles. The van der Waals surface area contributed by atoms with Crippen molar-refractivity contribution >= 4 is 28.9 Å². The summed E-state index contributed by atoms with van der Waals surface area (Å²) in [6, 6.07) is 0.713. The summed E-state index contributed by atoms with van der Waals surface area (Å²) in [4.78, 5) is 20.1. The van der Waals surface area contributed by atoms with E-state index in [-0.39, 0.29) is 40.1 Å². The first-order chi connectivity index (χ1) is 11.7. The topological polar surface area (TPSA) is 60.1 Å². The van der Waals surface area contributed by atoms with Gasteiger partial charge in [0, 0.05) is 6.20 Å². The first-order valence-electron chi connectivity index (χ1n) is 7.30. The summed E-state index contributed by atoms with van der Waals surface area (Å²) in [7, 11) is 0. The molecule has 25 heavy (non-hydrogen) atoms. The van der Waals surface area contributed by atoms with Crippen LogP contribution in [0.15, 0.2) is 23.5 Å². The van der Waals surface area contributed by atoms with Gasteiger partial charge >= 0.3 is 6.18 Å². The molecular formula is C15H9ClF4N4O. The zero-order valence-corrected chi connectivity index (χ0v) is 13.2. The van der Waals surface area contributed by atoms with Crippen LogP contribution < -0.4 is 0 Å². The van der Waals surface area contributed by atoms with Crippen LogP contribution in [0, 0.1) is 0 Å². The SMILES string of the molecule is O=C1CC(C2(F)CC2)=Nc2c1cnn2-c1ncc(C(F)(F)F)cc1Cl. The molecule has 0 amide bonds. The number of carbonyl (C=O) groups excluding carboxylic acids is 1. The van der Waals surface area contributed by atoms with Gasteiger partial charge in [0.25, 0.3) is 0 Å². The van der Waals surface area contributed by atoms with Gasteiger partial charge in [-0.15, -0.1) is 0 Å². The van der Waals surface area contributed by atoms with Crippen LogP contribution in [0.3, 0.4) is 0 Å². The van der Waals surface area contributed by atoms with Crippen LogP contribution in [-0.2, 0) is 6.18 Å². The highest BCUT2D eigenvalue weighted by Gasteiger charge is 2.50. The van der Waals surface area contributed by atoms with Crippen LogP contribution in [0.5, 0.6) is 0 Å². The van der Waals surface area contributed by atoms with Crippen molar-refractivity contribution in [2.75, 3.05) is 0 Å². The fraction of sp³-hybridized carbons (Fsp3) is 0.333. The summed E-state index contributed by atoms with van der Waals surface area (Å²) in [6.07, 6.45) is -2.30. The Morgan fingerprint density at radius 2 is 1.96 bits per heavy atom. The third-order valence-electron chi connectivity index (χ3n) is 4.17. The molecule has 0 bridgehead atoms. The summed E-state index contributed by atoms with van der Waals surface area (Å²) in [6.45, 7) is 0. The van der Waals surface area contributed by atoms with E-state index in [1.54, 1.807) is 0 Å². The van der Waals surface area contributed by atoms with E-state index in [2.05, 4.69) is 15.1 Å². The summed E-state index contributed by atoms with van der Waals surface area (Å²) in [5, 5.41) is 3.64. The molecule has 1 saturated carbocycles. The number of halogens is 5. The lowest BCUT2D eigenvalue weighted by Gasteiger charge is -2.16. The molecule has 2 aromatic heterocycles. The van der Waals surface area contributed by atoms with Crippen molar-refractivity contribution in [1.29, 1.82) is 0 Å². The van der Waals surface area contributed by atoms with Crippen molar-refractivity contribution in [2.45, 2.75) is 31.1 Å². The summed E-state index contributed by atoms with van der Waals surface area (Å²) < 4.78 is 53.5. The second-order valence-corrected chi connectivity index (χ2v) is 6.35. The van der Waals surface area contributed by atoms with Gasteiger partial charge in [0.15, 0.2) is 17.4 Å². The van der Waals surface area contributed by atoms with E-state index in [1.807, 2.05) is 0 Å². The van der Waals surface area contributed by atoms with Gasteiger partial charge in [-0.1, -0.05) is 11.6 Å². The number of hydrogen-bond donors (Lipinski definition) is 0. The van der Waals surface area contributed by atoms with E-state index in [9.17, 15) is 22.4 Å². The lowest BCUT2D eigenvalue weighted by molar-refractivity contribution is -0.137. The average Bonchev–Trinajstić information content (AvgIpc) is 3.14. The van der Waals surface area contributed by atoms with Gasteiger partial charge < -0.3 is 0 Å². The second kappa shape index (κ2) is 5.10. The lowest BCUT2D eigenvalue weighted by atomic mass is 10.0. The molecule has 4 rings (SSSR count). The third-order valence-corrected chi connectivity index (χ3v) is 4.45. The molecular weight excluding hydrogens is 364 g/mol. The number of carbonyl (C=O) groups is 1. The Balaban J connectivity index is 1.82. The molecule has 0 aromatic carbocycles. The second-order valence-electron chi connectivity index (χ2n) is 5.94. The van der Waals surface area contributed by atoms with Gasteiger partial charge in [-0.3, -0.25) is 4.79 Å². The summed E-state index contributed by atoms with van der Waals surface area (Å²) in [5.74, 6) is -0.431. The molecule has 1 fully saturated rings. The van der Waals surface area contributed by atoms with E-state index in [0.717, 1.165) is 4.68 Å². The number of aliphatic imine (C=N–C) groups is 1. The van der Waals surface area contributed by atoms with E-state index >= 15 is 0 Å². The first-order valence-corrected chi connectivity index (χ1v) is 7.68. The molecule has 0 radical (unpaired) electrons. The van der Waals surface area contributed by atoms with E-state index in [4.69, 9.17) is 11.6 Å². The maximum atomic E-state index is 14.3. The van der Waals surface area contributed by atoms with Gasteiger partial charge in [-0.25, -0.2) is 14.4 Å². The van der Waals surface area contributed by atoms with Gasteiger partial charge in [0.05, 0.1) is 34.5 Å². The number of aromatic nitrogens is 3. The smallest absolute Gasteiger partial charge is 0.294 e. The van der Waals surface area contributed by atoms with Gasteiger partial charge in [0.1, 0.15) is 5.67 Å². The van der Waals surface area contributed by atoms with Crippen molar-refractivity contribution in [3.05, 3.63) is 34.6 Å². The first kappa shape index (κ1) is 16.2. The van der Waals surface area contributed by atoms with Crippen LogP contribution in [0.25, 0.3) is 5.82 Å². The molecule has 0 saturated heterocycles. The van der Waals surface area contributed by atoms with Crippen molar-refractivity contribution in [2.24, 2.45) is 4.99 Å². The van der Waals surface area contributed by atoms with Gasteiger partial charge in [-0.05, 0) is 18.9 Å². The number of hydrogen-bond acceptors (Lipinski definition) is 4. The maximum Gasteiger partial charge on any atom is 0.417 e. The quantitative estimate of drug-likeness (QED) is 0.746. The Hall–Kier alpha value is -2.29. The van der Waals surface area contributed by atoms with Crippen LogP contribution in [0.4, 0.5) is 23.4 Å². The van der Waals surface area contributed by atoms with Gasteiger partial charge in [-0.2, -0.15) is 23.0 Å². The number of ketones is 1. The minimum Gasteiger partial charge on any atom is -0.294 e. The number of Topliss-reactive ketones (excluding diaryl/α,β-unsaturated/α-hetero) is 1. The monoisotopic (exact) mass is 372 g/mol. The Labute approximate surface area is 143 Å². The van der Waals surface area contributed by atoms with E-state index < -0.39 is 17.4 Å². The highest BCUT2D eigenvalue weighted by atomic mass is 35.5. The summed E-state index contributed by atoms with van der Waals surface area (Å²) >= 11 is 5.91. The number of fused-ring (bicyclic) bond motifs is 1. The van der Waals surface area contributed by atoms with Gasteiger partial charge in [0.2, 0.25) is 0 Å². The van der Waals surface area contributed by atoms with Crippen molar-refractivity contribution < 1.29 is 22.4 Å². The Morgan fingerprint density at radius 3 is 2.56 bits per heavy atom. The normalized spacial score (nSPS) is 18.8. The Kier molecular flexibility index (Phi) is 3.31. The van der Waals surface area contributed by atoms with Crippen LogP contribution in [-0.4, -0.2) is 31.9 Å². The molecule has 1 aliphatic carbocycles. The summed E-state index contributed by atoms with van der Waals surface area (Å²) in [5.41, 5.74) is -2.33. The minimum absolute atomic E-state index is 0.0318. The molecule has 0 atom stereocenters. The number of rotatable bonds is 2. The molecule has 130 valence electrons.